The maximum atomic E-state index is 8.87. The average Bonchev–Trinajstić information content (AvgIpc) is 2.78. The van der Waals surface area contributed by atoms with E-state index in [0.717, 1.165) is 28.4 Å². The lowest BCUT2D eigenvalue weighted by molar-refractivity contribution is 0.298. The maximum Gasteiger partial charge on any atom is 0.141 e. The number of aromatic nitrogens is 2. The third kappa shape index (κ3) is 2.47. The monoisotopic (exact) mass is 232 g/mol. The van der Waals surface area contributed by atoms with Crippen molar-refractivity contribution in [3.8, 4) is 17.1 Å². The van der Waals surface area contributed by atoms with Gasteiger partial charge in [0.15, 0.2) is 0 Å². The predicted molar refractivity (Wildman–Crippen MR) is 66.1 cm³/mol. The van der Waals surface area contributed by atoms with Crippen LogP contribution >= 0.6 is 0 Å². The van der Waals surface area contributed by atoms with Crippen molar-refractivity contribution < 1.29 is 9.84 Å². The smallest absolute Gasteiger partial charge is 0.141 e. The van der Waals surface area contributed by atoms with E-state index >= 15 is 0 Å². The zero-order valence-corrected chi connectivity index (χ0v) is 10.0. The molecule has 90 valence electrons. The Morgan fingerprint density at radius 1 is 1.41 bits per heavy atom. The van der Waals surface area contributed by atoms with Gasteiger partial charge in [-0.1, -0.05) is 11.6 Å². The van der Waals surface area contributed by atoms with E-state index < -0.39 is 0 Å². The molecule has 0 saturated heterocycles. The molecule has 0 radical (unpaired) electrons. The molecule has 1 aromatic heterocycles. The Labute approximate surface area is 100 Å². The highest BCUT2D eigenvalue weighted by Crippen LogP contribution is 2.28. The Bertz CT molecular complexity index is 506. The third-order valence-corrected chi connectivity index (χ3v) is 2.62. The summed E-state index contributed by atoms with van der Waals surface area (Å²) < 4.78 is 5.31. The zero-order chi connectivity index (χ0) is 12.3. The molecule has 4 heteroatoms. The van der Waals surface area contributed by atoms with Crippen molar-refractivity contribution in [3.63, 3.8) is 0 Å². The number of nitrogens with zero attached hydrogens (tertiary/aromatic N) is 1. The van der Waals surface area contributed by atoms with Gasteiger partial charge in [-0.2, -0.15) is 0 Å². The lowest BCUT2D eigenvalue weighted by atomic mass is 10.1. The number of aromatic amines is 1. The molecule has 0 bridgehead atoms. The molecule has 0 amide bonds. The van der Waals surface area contributed by atoms with E-state index in [-0.39, 0.29) is 6.61 Å². The highest BCUT2D eigenvalue weighted by molar-refractivity contribution is 5.65. The molecule has 0 spiro atoms. The molecule has 2 rings (SSSR count). The minimum absolute atomic E-state index is 0.118. The third-order valence-electron chi connectivity index (χ3n) is 2.62. The van der Waals surface area contributed by atoms with Gasteiger partial charge in [0, 0.05) is 24.9 Å². The normalized spacial score (nSPS) is 10.5. The number of imidazole rings is 1. The first-order chi connectivity index (χ1) is 8.24. The maximum absolute atomic E-state index is 8.87. The Morgan fingerprint density at radius 2 is 2.24 bits per heavy atom. The molecule has 1 aromatic carbocycles. The van der Waals surface area contributed by atoms with Crippen molar-refractivity contribution in [2.45, 2.75) is 13.3 Å². The SMILES string of the molecule is COc1ccc(C)cc1-c1ncc(CCO)[nH]1. The van der Waals surface area contributed by atoms with Gasteiger partial charge in [-0.25, -0.2) is 4.98 Å². The Hall–Kier alpha value is -1.81. The minimum atomic E-state index is 0.118. The van der Waals surface area contributed by atoms with Crippen LogP contribution in [0.5, 0.6) is 5.75 Å². The minimum Gasteiger partial charge on any atom is -0.496 e. The molecule has 2 N–H and O–H groups in total. The van der Waals surface area contributed by atoms with Crippen molar-refractivity contribution in [2.75, 3.05) is 13.7 Å². The molecule has 0 aliphatic heterocycles. The van der Waals surface area contributed by atoms with Gasteiger partial charge >= 0.3 is 0 Å². The molecule has 0 unspecified atom stereocenters. The van der Waals surface area contributed by atoms with Gasteiger partial charge in [0.1, 0.15) is 11.6 Å². The molecule has 0 atom stereocenters. The van der Waals surface area contributed by atoms with Gasteiger partial charge in [-0.05, 0) is 19.1 Å². The van der Waals surface area contributed by atoms with Crippen LogP contribution in [0.2, 0.25) is 0 Å². The molecule has 0 aliphatic carbocycles. The number of aliphatic hydroxyl groups is 1. The lowest BCUT2D eigenvalue weighted by Gasteiger charge is -2.06. The number of methoxy groups -OCH3 is 1. The number of ether oxygens (including phenoxy) is 1. The van der Waals surface area contributed by atoms with E-state index in [9.17, 15) is 0 Å². The second-order valence-corrected chi connectivity index (χ2v) is 3.93. The number of aryl methyl sites for hydroxylation is 1. The van der Waals surface area contributed by atoms with E-state index in [1.807, 2.05) is 25.1 Å². The average molecular weight is 232 g/mol. The quantitative estimate of drug-likeness (QED) is 0.846. The van der Waals surface area contributed by atoms with Crippen LogP contribution < -0.4 is 4.74 Å². The van der Waals surface area contributed by atoms with Crippen molar-refractivity contribution in [1.29, 1.82) is 0 Å². The molecular formula is C13H16N2O2. The van der Waals surface area contributed by atoms with E-state index in [0.29, 0.717) is 6.42 Å². The van der Waals surface area contributed by atoms with E-state index in [2.05, 4.69) is 9.97 Å². The molecule has 0 fully saturated rings. The van der Waals surface area contributed by atoms with Crippen LogP contribution in [-0.2, 0) is 6.42 Å². The van der Waals surface area contributed by atoms with Crippen molar-refractivity contribution in [3.05, 3.63) is 35.7 Å². The van der Waals surface area contributed by atoms with Crippen LogP contribution in [0.15, 0.2) is 24.4 Å². The summed E-state index contributed by atoms with van der Waals surface area (Å²) in [4.78, 5) is 7.49. The van der Waals surface area contributed by atoms with Crippen LogP contribution in [0.1, 0.15) is 11.3 Å². The number of H-pyrrole nitrogens is 1. The van der Waals surface area contributed by atoms with Crippen LogP contribution in [-0.4, -0.2) is 28.8 Å². The van der Waals surface area contributed by atoms with Crippen LogP contribution in [0.3, 0.4) is 0 Å². The lowest BCUT2D eigenvalue weighted by Crippen LogP contribution is -1.92. The summed E-state index contributed by atoms with van der Waals surface area (Å²) in [6, 6.07) is 5.96. The van der Waals surface area contributed by atoms with Crippen LogP contribution in [0.4, 0.5) is 0 Å². The predicted octanol–water partition coefficient (Wildman–Crippen LogP) is 1.93. The Kier molecular flexibility index (Phi) is 3.44. The molecule has 1 heterocycles. The Balaban J connectivity index is 2.40. The topological polar surface area (TPSA) is 58.1 Å². The second-order valence-electron chi connectivity index (χ2n) is 3.93. The molecule has 0 saturated carbocycles. The fourth-order valence-electron chi connectivity index (χ4n) is 1.75. The van der Waals surface area contributed by atoms with Gasteiger partial charge in [0.05, 0.1) is 12.7 Å². The number of rotatable bonds is 4. The van der Waals surface area contributed by atoms with Crippen molar-refractivity contribution in [2.24, 2.45) is 0 Å². The largest absolute Gasteiger partial charge is 0.496 e. The molecule has 0 aliphatic rings. The highest BCUT2D eigenvalue weighted by Gasteiger charge is 2.09. The summed E-state index contributed by atoms with van der Waals surface area (Å²) in [6.07, 6.45) is 2.33. The van der Waals surface area contributed by atoms with Gasteiger partial charge < -0.3 is 14.8 Å². The summed E-state index contributed by atoms with van der Waals surface area (Å²) in [7, 11) is 1.64. The first-order valence-electron chi connectivity index (χ1n) is 5.54. The van der Waals surface area contributed by atoms with Crippen LogP contribution in [0.25, 0.3) is 11.4 Å². The summed E-state index contributed by atoms with van der Waals surface area (Å²) in [5.41, 5.74) is 3.02. The summed E-state index contributed by atoms with van der Waals surface area (Å²) in [5.74, 6) is 1.56. The van der Waals surface area contributed by atoms with Gasteiger partial charge in [-0.3, -0.25) is 0 Å². The fraction of sp³-hybridized carbons (Fsp3) is 0.308. The van der Waals surface area contributed by atoms with Gasteiger partial charge in [-0.15, -0.1) is 0 Å². The molecule has 4 nitrogen and oxygen atoms in total. The first kappa shape index (κ1) is 11.7. The first-order valence-corrected chi connectivity index (χ1v) is 5.54. The number of aliphatic hydroxyl groups excluding tert-OH is 1. The highest BCUT2D eigenvalue weighted by atomic mass is 16.5. The Morgan fingerprint density at radius 3 is 2.94 bits per heavy atom. The van der Waals surface area contributed by atoms with Gasteiger partial charge in [0.25, 0.3) is 0 Å². The van der Waals surface area contributed by atoms with Crippen molar-refractivity contribution in [1.82, 2.24) is 9.97 Å². The van der Waals surface area contributed by atoms with Crippen molar-refractivity contribution >= 4 is 0 Å². The summed E-state index contributed by atoms with van der Waals surface area (Å²) in [6.45, 7) is 2.15. The number of benzene rings is 1. The number of hydrogen-bond donors (Lipinski definition) is 2. The molecule has 2 aromatic rings. The molecular weight excluding hydrogens is 216 g/mol. The summed E-state index contributed by atoms with van der Waals surface area (Å²) >= 11 is 0. The van der Waals surface area contributed by atoms with Gasteiger partial charge in [0.2, 0.25) is 0 Å². The number of nitrogens with one attached hydrogen (secondary N) is 1. The second kappa shape index (κ2) is 5.01. The number of hydrogen-bond acceptors (Lipinski definition) is 3. The summed E-state index contributed by atoms with van der Waals surface area (Å²) in [5, 5.41) is 8.87. The zero-order valence-electron chi connectivity index (χ0n) is 10.0. The van der Waals surface area contributed by atoms with E-state index in [4.69, 9.17) is 9.84 Å². The van der Waals surface area contributed by atoms with E-state index in [1.54, 1.807) is 13.3 Å². The van der Waals surface area contributed by atoms with E-state index in [1.165, 1.54) is 0 Å². The molecule has 17 heavy (non-hydrogen) atoms. The fourth-order valence-corrected chi connectivity index (χ4v) is 1.75. The van der Waals surface area contributed by atoms with Crippen LogP contribution in [0, 0.1) is 6.92 Å². The standard InChI is InChI=1S/C13H16N2O2/c1-9-3-4-12(17-2)11(7-9)13-14-8-10(15-13)5-6-16/h3-4,7-8,16H,5-6H2,1-2H3,(H,14,15).